The highest BCUT2D eigenvalue weighted by Crippen LogP contribution is 2.32. The number of rotatable bonds is 8. The van der Waals surface area contributed by atoms with Gasteiger partial charge in [-0.25, -0.2) is 33.1 Å². The van der Waals surface area contributed by atoms with Crippen molar-refractivity contribution in [2.45, 2.75) is 59.2 Å². The maximum Gasteiger partial charge on any atom is 0.336 e. The van der Waals surface area contributed by atoms with Crippen molar-refractivity contribution in [3.63, 3.8) is 0 Å². The van der Waals surface area contributed by atoms with Crippen molar-refractivity contribution in [2.24, 2.45) is 5.41 Å². The summed E-state index contributed by atoms with van der Waals surface area (Å²) in [7, 11) is 0. The number of aromatic nitrogens is 6. The molecule has 1 fully saturated rings. The fourth-order valence-electron chi connectivity index (χ4n) is 8.69. The summed E-state index contributed by atoms with van der Waals surface area (Å²) in [6, 6.07) is 24.2. The molecule has 0 bridgehead atoms. The van der Waals surface area contributed by atoms with Gasteiger partial charge in [0.05, 0.1) is 31.0 Å². The van der Waals surface area contributed by atoms with E-state index in [1.807, 2.05) is 51.6 Å². The average Bonchev–Trinajstić information content (AvgIpc) is 3.68. The van der Waals surface area contributed by atoms with Crippen LogP contribution in [0.2, 0.25) is 0 Å². The highest BCUT2D eigenvalue weighted by molar-refractivity contribution is 5.95. The van der Waals surface area contributed by atoms with Crippen LogP contribution in [0.5, 0.6) is 0 Å². The fourth-order valence-corrected chi connectivity index (χ4v) is 8.69. The Kier molecular flexibility index (Phi) is 9.63. The predicted molar refractivity (Wildman–Crippen MR) is 221 cm³/mol. The minimum absolute atomic E-state index is 0.0937. The van der Waals surface area contributed by atoms with Gasteiger partial charge in [0.15, 0.2) is 17.1 Å². The second kappa shape index (κ2) is 14.9. The third kappa shape index (κ3) is 7.15. The first-order valence-electron chi connectivity index (χ1n) is 19.8. The zero-order valence-corrected chi connectivity index (χ0v) is 32.8. The summed E-state index contributed by atoms with van der Waals surface area (Å²) in [5, 5.41) is 4.29. The third-order valence-corrected chi connectivity index (χ3v) is 11.2. The summed E-state index contributed by atoms with van der Waals surface area (Å²) in [5.41, 5.74) is 5.73. The Labute approximate surface area is 334 Å². The second-order valence-corrected chi connectivity index (χ2v) is 16.6. The lowest BCUT2D eigenvalue weighted by atomic mass is 9.94. The van der Waals surface area contributed by atoms with Gasteiger partial charge in [0.2, 0.25) is 0 Å². The van der Waals surface area contributed by atoms with Gasteiger partial charge in [-0.2, -0.15) is 0 Å². The molecule has 1 amide bonds. The van der Waals surface area contributed by atoms with Crippen LogP contribution in [0.25, 0.3) is 28.0 Å². The van der Waals surface area contributed by atoms with Crippen molar-refractivity contribution in [3.8, 4) is 5.69 Å². The Morgan fingerprint density at radius 2 is 1.72 bits per heavy atom. The lowest BCUT2D eigenvalue weighted by molar-refractivity contribution is 0.0730. The molecule has 1 atom stereocenters. The SMILES string of the molecule is CC(C)(C)CN1CCC[C@H](n2c(=O)n(-c3ccc(C(=O)N4CCc5c(n(Cc6ccc(F)cc6F)c6ncccc56)C4)cc3)c3ncc(Nc4ccccc4)nc32)C1. The van der Waals surface area contributed by atoms with E-state index in [0.29, 0.717) is 59.1 Å². The van der Waals surface area contributed by atoms with Crippen LogP contribution in [0.15, 0.2) is 102 Å². The van der Waals surface area contributed by atoms with E-state index in [1.54, 1.807) is 46.1 Å². The molecule has 3 aromatic carbocycles. The Morgan fingerprint density at radius 3 is 2.50 bits per heavy atom. The lowest BCUT2D eigenvalue weighted by Gasteiger charge is -2.36. The molecule has 2 aliphatic heterocycles. The van der Waals surface area contributed by atoms with Gasteiger partial charge in [-0.15, -0.1) is 0 Å². The molecule has 296 valence electrons. The molecular formula is C45H45F2N9O2. The Morgan fingerprint density at radius 1 is 0.914 bits per heavy atom. The number of halogens is 2. The van der Waals surface area contributed by atoms with E-state index < -0.39 is 11.6 Å². The average molecular weight is 782 g/mol. The van der Waals surface area contributed by atoms with Crippen LogP contribution in [-0.4, -0.2) is 70.5 Å². The van der Waals surface area contributed by atoms with Crippen LogP contribution in [0, 0.1) is 17.0 Å². The first-order chi connectivity index (χ1) is 28.0. The van der Waals surface area contributed by atoms with Gasteiger partial charge in [-0.05, 0) is 91.4 Å². The number of hydrogen-bond acceptors (Lipinski definition) is 7. The zero-order valence-electron chi connectivity index (χ0n) is 32.8. The van der Waals surface area contributed by atoms with Gasteiger partial charge in [0.1, 0.15) is 17.3 Å². The molecule has 1 N–H and O–H groups in total. The first kappa shape index (κ1) is 37.4. The number of pyridine rings is 1. The molecule has 2 aliphatic rings. The summed E-state index contributed by atoms with van der Waals surface area (Å²) in [4.78, 5) is 47.3. The molecule has 11 nitrogen and oxygen atoms in total. The number of carbonyl (C=O) groups is 1. The van der Waals surface area contributed by atoms with Gasteiger partial charge < -0.3 is 19.7 Å². The minimum atomic E-state index is -0.637. The van der Waals surface area contributed by atoms with Crippen molar-refractivity contribution in [3.05, 3.63) is 142 Å². The molecule has 9 rings (SSSR count). The molecule has 0 aliphatic carbocycles. The number of imidazole rings is 1. The number of carbonyl (C=O) groups excluding carboxylic acids is 1. The quantitative estimate of drug-likeness (QED) is 0.167. The standard InChI is InChI=1S/C45H45F2N9O2/c1-45(2,3)28-52-21-8-11-34(26-52)56-42-41(49-24-39(51-42)50-32-9-5-4-6-10-32)55(44(56)58)33-17-14-29(15-18-33)43(57)53-22-19-35-36-12-7-20-48-40(36)54(38(35)27-53)25-30-13-16-31(46)23-37(30)47/h4-7,9-10,12-18,20,23-24,34H,8,11,19,21-22,25-28H2,1-3H3,(H,50,51)/t34-/m0/s1. The monoisotopic (exact) mass is 781 g/mol. The van der Waals surface area contributed by atoms with Gasteiger partial charge in [0.25, 0.3) is 5.91 Å². The van der Waals surface area contributed by atoms with Crippen LogP contribution >= 0.6 is 0 Å². The molecule has 4 aromatic heterocycles. The number of hydrogen-bond donors (Lipinski definition) is 1. The molecular weight excluding hydrogens is 737 g/mol. The molecule has 58 heavy (non-hydrogen) atoms. The van der Waals surface area contributed by atoms with Gasteiger partial charge >= 0.3 is 5.69 Å². The van der Waals surface area contributed by atoms with Crippen LogP contribution in [0.3, 0.4) is 0 Å². The number of nitrogens with zero attached hydrogens (tertiary/aromatic N) is 8. The van der Waals surface area contributed by atoms with E-state index in [2.05, 4.69) is 36.0 Å². The van der Waals surface area contributed by atoms with E-state index >= 15 is 0 Å². The third-order valence-electron chi connectivity index (χ3n) is 11.2. The molecule has 7 aromatic rings. The van der Waals surface area contributed by atoms with Crippen LogP contribution in [0.4, 0.5) is 20.3 Å². The van der Waals surface area contributed by atoms with Gasteiger partial charge in [0, 0.05) is 59.8 Å². The summed E-state index contributed by atoms with van der Waals surface area (Å²) in [6.07, 6.45) is 5.75. The summed E-state index contributed by atoms with van der Waals surface area (Å²) in [5.74, 6) is -0.894. The number of anilines is 2. The van der Waals surface area contributed by atoms with E-state index in [1.165, 1.54) is 12.1 Å². The smallest absolute Gasteiger partial charge is 0.336 e. The number of likely N-dealkylation sites (tertiary alicyclic amines) is 1. The lowest BCUT2D eigenvalue weighted by Crippen LogP contribution is -2.43. The first-order valence-corrected chi connectivity index (χ1v) is 19.8. The highest BCUT2D eigenvalue weighted by Gasteiger charge is 2.31. The van der Waals surface area contributed by atoms with Gasteiger partial charge in [-0.3, -0.25) is 9.36 Å². The van der Waals surface area contributed by atoms with Crippen LogP contribution in [-0.2, 0) is 19.5 Å². The zero-order chi connectivity index (χ0) is 40.1. The summed E-state index contributed by atoms with van der Waals surface area (Å²) >= 11 is 0. The van der Waals surface area contributed by atoms with E-state index in [-0.39, 0.29) is 29.6 Å². The fraction of sp³-hybridized carbons (Fsp3) is 0.311. The second-order valence-electron chi connectivity index (χ2n) is 16.6. The van der Waals surface area contributed by atoms with Crippen molar-refractivity contribution < 1.29 is 13.6 Å². The number of piperidine rings is 1. The molecule has 0 unspecified atom stereocenters. The molecule has 1 saturated heterocycles. The van der Waals surface area contributed by atoms with Crippen molar-refractivity contribution in [2.75, 3.05) is 31.5 Å². The predicted octanol–water partition coefficient (Wildman–Crippen LogP) is 7.88. The highest BCUT2D eigenvalue weighted by atomic mass is 19.1. The summed E-state index contributed by atoms with van der Waals surface area (Å²) in [6.45, 7) is 10.3. The Bertz CT molecular complexity index is 2720. The maximum atomic E-state index is 14.9. The molecule has 0 radical (unpaired) electrons. The Hall–Kier alpha value is -6.21. The largest absolute Gasteiger partial charge is 0.339 e. The van der Waals surface area contributed by atoms with Gasteiger partial charge in [-0.1, -0.05) is 45.0 Å². The number of nitrogens with one attached hydrogen (secondary N) is 1. The molecule has 6 heterocycles. The Balaban J connectivity index is 1.03. The summed E-state index contributed by atoms with van der Waals surface area (Å²) < 4.78 is 33.9. The molecule has 0 spiro atoms. The number of amides is 1. The van der Waals surface area contributed by atoms with Crippen molar-refractivity contribution in [1.29, 1.82) is 0 Å². The van der Waals surface area contributed by atoms with E-state index in [9.17, 15) is 18.4 Å². The number of benzene rings is 3. The molecule has 0 saturated carbocycles. The topological polar surface area (TPSA) is 106 Å². The maximum absolute atomic E-state index is 14.9. The van der Waals surface area contributed by atoms with Crippen molar-refractivity contribution >= 4 is 39.7 Å². The van der Waals surface area contributed by atoms with Crippen LogP contribution < -0.4 is 11.0 Å². The number of para-hydroxylation sites is 1. The van der Waals surface area contributed by atoms with E-state index in [0.717, 1.165) is 60.9 Å². The molecule has 13 heteroatoms. The van der Waals surface area contributed by atoms with Crippen molar-refractivity contribution in [1.82, 2.24) is 38.5 Å². The van der Waals surface area contributed by atoms with Crippen LogP contribution in [0.1, 0.15) is 66.8 Å². The number of fused-ring (bicyclic) bond motifs is 4. The normalized spacial score (nSPS) is 16.2. The van der Waals surface area contributed by atoms with E-state index in [4.69, 9.17) is 9.97 Å². The minimum Gasteiger partial charge on any atom is -0.339 e.